The van der Waals surface area contributed by atoms with E-state index >= 15 is 0 Å². The van der Waals surface area contributed by atoms with Crippen molar-refractivity contribution in [3.8, 4) is 6.07 Å². The van der Waals surface area contributed by atoms with Gasteiger partial charge in [0.2, 0.25) is 11.8 Å². The number of hydrogen-bond donors (Lipinski definition) is 1. The molecule has 2 aromatic carbocycles. The summed E-state index contributed by atoms with van der Waals surface area (Å²) in [6.07, 6.45) is 3.19. The Kier molecular flexibility index (Phi) is 6.88. The van der Waals surface area contributed by atoms with Gasteiger partial charge in [-0.15, -0.1) is 0 Å². The van der Waals surface area contributed by atoms with Gasteiger partial charge >= 0.3 is 0 Å². The Balaban J connectivity index is 1.63. The van der Waals surface area contributed by atoms with Gasteiger partial charge in [0.1, 0.15) is 6.42 Å². The molecule has 1 aliphatic rings. The Bertz CT molecular complexity index is 945. The van der Waals surface area contributed by atoms with Crippen molar-refractivity contribution in [1.82, 2.24) is 4.90 Å². The SMILES string of the molecule is N#CCC(=O)Nc1cc(Cl)ccc1N1CCN(C(=O)C=Cc2ccccc2)CC1. The molecule has 1 fully saturated rings. The predicted molar refractivity (Wildman–Crippen MR) is 115 cm³/mol. The fourth-order valence-corrected chi connectivity index (χ4v) is 3.33. The van der Waals surface area contributed by atoms with E-state index in [1.165, 1.54) is 0 Å². The number of amides is 2. The summed E-state index contributed by atoms with van der Waals surface area (Å²) < 4.78 is 0. The Labute approximate surface area is 175 Å². The standard InChI is InChI=1S/C22H21ClN4O2/c23-18-7-8-20(19(16-18)25-21(28)10-11-24)26-12-14-27(15-13-26)22(29)9-6-17-4-2-1-3-5-17/h1-9,16H,10,12-15H2,(H,25,28). The van der Waals surface area contributed by atoms with Crippen LogP contribution in [0.15, 0.2) is 54.6 Å². The summed E-state index contributed by atoms with van der Waals surface area (Å²) in [6.45, 7) is 2.42. The van der Waals surface area contributed by atoms with Crippen LogP contribution in [-0.2, 0) is 9.59 Å². The highest BCUT2D eigenvalue weighted by Crippen LogP contribution is 2.30. The van der Waals surface area contributed by atoms with Gasteiger partial charge < -0.3 is 15.1 Å². The first-order chi connectivity index (χ1) is 14.1. The minimum atomic E-state index is -0.379. The third-order valence-electron chi connectivity index (χ3n) is 4.62. The molecule has 1 saturated heterocycles. The molecule has 1 aliphatic heterocycles. The fourth-order valence-electron chi connectivity index (χ4n) is 3.16. The summed E-state index contributed by atoms with van der Waals surface area (Å²) in [4.78, 5) is 28.2. The number of halogens is 1. The first-order valence-electron chi connectivity index (χ1n) is 9.30. The van der Waals surface area contributed by atoms with Crippen LogP contribution in [0.5, 0.6) is 0 Å². The van der Waals surface area contributed by atoms with Crippen LogP contribution >= 0.6 is 11.6 Å². The molecule has 1 N–H and O–H groups in total. The lowest BCUT2D eigenvalue weighted by atomic mass is 10.2. The first kappa shape index (κ1) is 20.4. The lowest BCUT2D eigenvalue weighted by molar-refractivity contribution is -0.126. The lowest BCUT2D eigenvalue weighted by Gasteiger charge is -2.36. The topological polar surface area (TPSA) is 76.4 Å². The molecule has 1 heterocycles. The quantitative estimate of drug-likeness (QED) is 0.767. The molecule has 148 valence electrons. The number of anilines is 2. The second-order valence-corrected chi connectivity index (χ2v) is 7.04. The summed E-state index contributed by atoms with van der Waals surface area (Å²) in [7, 11) is 0. The molecular weight excluding hydrogens is 388 g/mol. The molecule has 0 aromatic heterocycles. The summed E-state index contributed by atoms with van der Waals surface area (Å²) in [5.74, 6) is -0.400. The number of nitrogens with zero attached hydrogens (tertiary/aromatic N) is 3. The second-order valence-electron chi connectivity index (χ2n) is 6.60. The van der Waals surface area contributed by atoms with Gasteiger partial charge in [-0.2, -0.15) is 5.26 Å². The third kappa shape index (κ3) is 5.59. The first-order valence-corrected chi connectivity index (χ1v) is 9.68. The van der Waals surface area contributed by atoms with Crippen molar-refractivity contribution in [3.63, 3.8) is 0 Å². The number of piperazine rings is 1. The van der Waals surface area contributed by atoms with Crippen molar-refractivity contribution >= 4 is 40.9 Å². The van der Waals surface area contributed by atoms with E-state index in [0.29, 0.717) is 36.9 Å². The van der Waals surface area contributed by atoms with E-state index in [0.717, 1.165) is 11.3 Å². The monoisotopic (exact) mass is 408 g/mol. The van der Waals surface area contributed by atoms with Gasteiger partial charge in [-0.25, -0.2) is 0 Å². The number of carbonyl (C=O) groups excluding carboxylic acids is 2. The summed E-state index contributed by atoms with van der Waals surface area (Å²) >= 11 is 6.07. The molecule has 3 rings (SSSR count). The Hall–Kier alpha value is -3.30. The molecule has 0 aliphatic carbocycles. The van der Waals surface area contributed by atoms with E-state index in [4.69, 9.17) is 16.9 Å². The predicted octanol–water partition coefficient (Wildman–Crippen LogP) is 3.55. The molecule has 0 saturated carbocycles. The lowest BCUT2D eigenvalue weighted by Crippen LogP contribution is -2.48. The highest BCUT2D eigenvalue weighted by atomic mass is 35.5. The van der Waals surface area contributed by atoms with E-state index in [2.05, 4.69) is 10.2 Å². The number of benzene rings is 2. The maximum absolute atomic E-state index is 12.5. The molecule has 2 aromatic rings. The Morgan fingerprint density at radius 2 is 1.83 bits per heavy atom. The zero-order chi connectivity index (χ0) is 20.6. The van der Waals surface area contributed by atoms with Crippen LogP contribution < -0.4 is 10.2 Å². The van der Waals surface area contributed by atoms with Gasteiger partial charge in [-0.3, -0.25) is 9.59 Å². The van der Waals surface area contributed by atoms with Gasteiger partial charge in [0.05, 0.1) is 17.4 Å². The molecule has 0 radical (unpaired) electrons. The van der Waals surface area contributed by atoms with E-state index in [1.807, 2.05) is 48.5 Å². The molecule has 0 bridgehead atoms. The zero-order valence-electron chi connectivity index (χ0n) is 15.8. The normalized spacial score (nSPS) is 13.9. The molecule has 0 spiro atoms. The highest BCUT2D eigenvalue weighted by molar-refractivity contribution is 6.31. The summed E-state index contributed by atoms with van der Waals surface area (Å²) in [5, 5.41) is 11.9. The van der Waals surface area contributed by atoms with Crippen molar-refractivity contribution in [3.05, 3.63) is 65.2 Å². The maximum Gasteiger partial charge on any atom is 0.246 e. The molecule has 2 amide bonds. The molecule has 7 heteroatoms. The van der Waals surface area contributed by atoms with Crippen molar-refractivity contribution in [1.29, 1.82) is 5.26 Å². The van der Waals surface area contributed by atoms with Crippen LogP contribution in [0, 0.1) is 11.3 Å². The largest absolute Gasteiger partial charge is 0.366 e. The number of carbonyl (C=O) groups is 2. The van der Waals surface area contributed by atoms with Crippen LogP contribution in [0.3, 0.4) is 0 Å². The summed E-state index contributed by atoms with van der Waals surface area (Å²) in [6, 6.07) is 16.8. The van der Waals surface area contributed by atoms with E-state index in [1.54, 1.807) is 23.1 Å². The maximum atomic E-state index is 12.5. The number of hydrogen-bond acceptors (Lipinski definition) is 4. The van der Waals surface area contributed by atoms with Crippen molar-refractivity contribution in [2.45, 2.75) is 6.42 Å². The van der Waals surface area contributed by atoms with Crippen LogP contribution in [-0.4, -0.2) is 42.9 Å². The van der Waals surface area contributed by atoms with Gasteiger partial charge in [0, 0.05) is 37.3 Å². The van der Waals surface area contributed by atoms with E-state index in [-0.39, 0.29) is 18.2 Å². The van der Waals surface area contributed by atoms with Crippen molar-refractivity contribution < 1.29 is 9.59 Å². The molecule has 6 nitrogen and oxygen atoms in total. The minimum absolute atomic E-state index is 0.0212. The number of rotatable bonds is 5. The average molecular weight is 409 g/mol. The fraction of sp³-hybridized carbons (Fsp3) is 0.227. The van der Waals surface area contributed by atoms with Crippen LogP contribution in [0.25, 0.3) is 6.08 Å². The second kappa shape index (κ2) is 9.76. The number of nitriles is 1. The zero-order valence-corrected chi connectivity index (χ0v) is 16.6. The van der Waals surface area contributed by atoms with Gasteiger partial charge in [-0.1, -0.05) is 41.9 Å². The Morgan fingerprint density at radius 3 is 2.52 bits per heavy atom. The Morgan fingerprint density at radius 1 is 1.10 bits per heavy atom. The summed E-state index contributed by atoms with van der Waals surface area (Å²) in [5.41, 5.74) is 2.38. The smallest absolute Gasteiger partial charge is 0.246 e. The van der Waals surface area contributed by atoms with Gasteiger partial charge in [0.25, 0.3) is 0 Å². The van der Waals surface area contributed by atoms with Gasteiger partial charge in [-0.05, 0) is 29.8 Å². The van der Waals surface area contributed by atoms with Crippen LogP contribution in [0.2, 0.25) is 5.02 Å². The van der Waals surface area contributed by atoms with Gasteiger partial charge in [0.15, 0.2) is 0 Å². The highest BCUT2D eigenvalue weighted by Gasteiger charge is 2.22. The minimum Gasteiger partial charge on any atom is -0.366 e. The van der Waals surface area contributed by atoms with E-state index < -0.39 is 0 Å². The van der Waals surface area contributed by atoms with Crippen LogP contribution in [0.4, 0.5) is 11.4 Å². The molecule has 0 atom stereocenters. The molecule has 29 heavy (non-hydrogen) atoms. The van der Waals surface area contributed by atoms with Crippen molar-refractivity contribution in [2.75, 3.05) is 36.4 Å². The third-order valence-corrected chi connectivity index (χ3v) is 4.86. The number of nitrogens with one attached hydrogen (secondary N) is 1. The molecular formula is C22H21ClN4O2. The van der Waals surface area contributed by atoms with Crippen molar-refractivity contribution in [2.24, 2.45) is 0 Å². The average Bonchev–Trinajstić information content (AvgIpc) is 2.73. The van der Waals surface area contributed by atoms with Crippen LogP contribution in [0.1, 0.15) is 12.0 Å². The molecule has 0 unspecified atom stereocenters. The van der Waals surface area contributed by atoms with E-state index in [9.17, 15) is 9.59 Å².